The molecule has 0 spiro atoms. The van der Waals surface area contributed by atoms with Gasteiger partial charge in [0, 0.05) is 64.9 Å². The van der Waals surface area contributed by atoms with Crippen LogP contribution in [0.15, 0.2) is 155 Å². The first-order chi connectivity index (χ1) is 30.8. The largest absolute Gasteiger partial charge is 0.440 e. The molecule has 2 aliphatic heterocycles. The smallest absolute Gasteiger partial charge is 0.257 e. The standard InChI is InChI=1S/C58H49BN2OS2/c1-34-27-39(58(6,7)8)28-35(2)55(34)61-48-20-14-19-47-54(48)59(53-43-31-38(57(3,4)5)24-26-50(43)62-56(53)61)46-25-23-37(45-33-64-52-22-12-10-18-42(45)52)30-49(46)60(47)40-16-13-15-36(29-40)44-32-63-51-21-11-9-17-41(44)51/h9-33H,1-8H3. The zero-order valence-electron chi connectivity index (χ0n) is 37.6. The van der Waals surface area contributed by atoms with Gasteiger partial charge >= 0.3 is 0 Å². The normalized spacial score (nSPS) is 13.5. The molecule has 0 N–H and O–H groups in total. The molecule has 0 unspecified atom stereocenters. The lowest BCUT2D eigenvalue weighted by molar-refractivity contribution is 0.589. The quantitative estimate of drug-likeness (QED) is 0.164. The van der Waals surface area contributed by atoms with Crippen LogP contribution in [0.1, 0.15) is 63.8 Å². The van der Waals surface area contributed by atoms with Gasteiger partial charge < -0.3 is 9.32 Å². The summed E-state index contributed by atoms with van der Waals surface area (Å²) in [6.45, 7) is 18.3. The number of rotatable bonds is 4. The molecule has 0 aliphatic carbocycles. The van der Waals surface area contributed by atoms with Crippen molar-refractivity contribution in [3.8, 4) is 22.3 Å². The Labute approximate surface area is 384 Å². The molecule has 64 heavy (non-hydrogen) atoms. The summed E-state index contributed by atoms with van der Waals surface area (Å²) >= 11 is 3.63. The number of nitrogens with zero attached hydrogens (tertiary/aromatic N) is 2. The summed E-state index contributed by atoms with van der Waals surface area (Å²) in [6.07, 6.45) is 0. The van der Waals surface area contributed by atoms with Crippen LogP contribution < -0.4 is 26.2 Å². The second-order valence-corrected chi connectivity index (χ2v) is 21.7. The highest BCUT2D eigenvalue weighted by molar-refractivity contribution is 7.18. The van der Waals surface area contributed by atoms with Crippen molar-refractivity contribution in [3.63, 3.8) is 0 Å². The van der Waals surface area contributed by atoms with Gasteiger partial charge in [-0.25, -0.2) is 0 Å². The molecule has 3 nitrogen and oxygen atoms in total. The number of furan rings is 1. The van der Waals surface area contributed by atoms with Gasteiger partial charge in [0.15, 0.2) is 0 Å². The van der Waals surface area contributed by atoms with Crippen LogP contribution in [0.3, 0.4) is 0 Å². The molecular formula is C58H49BN2OS2. The van der Waals surface area contributed by atoms with Crippen molar-refractivity contribution >= 4 is 111 Å². The Balaban J connectivity index is 1.17. The summed E-state index contributed by atoms with van der Waals surface area (Å²) in [6, 6.07) is 52.6. The highest BCUT2D eigenvalue weighted by Gasteiger charge is 2.47. The molecule has 3 aromatic heterocycles. The monoisotopic (exact) mass is 864 g/mol. The Morgan fingerprint density at radius 1 is 0.500 bits per heavy atom. The second-order valence-electron chi connectivity index (χ2n) is 19.9. The minimum Gasteiger partial charge on any atom is -0.440 e. The number of hydrogen-bond acceptors (Lipinski definition) is 5. The number of benzene rings is 7. The first kappa shape index (κ1) is 39.3. The van der Waals surface area contributed by atoms with Crippen LogP contribution in [0.2, 0.25) is 0 Å². The van der Waals surface area contributed by atoms with E-state index >= 15 is 0 Å². The van der Waals surface area contributed by atoms with E-state index < -0.39 is 0 Å². The van der Waals surface area contributed by atoms with Crippen molar-refractivity contribution in [3.05, 3.63) is 173 Å². The molecule has 2 aliphatic rings. The van der Waals surface area contributed by atoms with Crippen LogP contribution in [-0.2, 0) is 10.8 Å². The van der Waals surface area contributed by atoms with Crippen molar-refractivity contribution in [1.82, 2.24) is 0 Å². The minimum atomic E-state index is -0.0769. The van der Waals surface area contributed by atoms with Gasteiger partial charge in [0.2, 0.25) is 5.88 Å². The van der Waals surface area contributed by atoms with Gasteiger partial charge in [-0.3, -0.25) is 4.90 Å². The zero-order valence-corrected chi connectivity index (χ0v) is 39.3. The molecule has 0 atom stereocenters. The Bertz CT molecular complexity index is 3510. The van der Waals surface area contributed by atoms with E-state index in [4.69, 9.17) is 4.42 Å². The van der Waals surface area contributed by atoms with E-state index in [1.807, 2.05) is 22.7 Å². The van der Waals surface area contributed by atoms with Gasteiger partial charge in [0.1, 0.15) is 5.58 Å². The highest BCUT2D eigenvalue weighted by Crippen LogP contribution is 2.49. The van der Waals surface area contributed by atoms with Crippen LogP contribution in [-0.4, -0.2) is 6.71 Å². The third kappa shape index (κ3) is 5.92. The van der Waals surface area contributed by atoms with E-state index in [0.717, 1.165) is 22.8 Å². The second kappa shape index (κ2) is 14.1. The van der Waals surface area contributed by atoms with E-state index in [2.05, 4.69) is 215 Å². The molecule has 7 aromatic carbocycles. The Kier molecular flexibility index (Phi) is 8.64. The van der Waals surface area contributed by atoms with Crippen LogP contribution in [0.4, 0.5) is 34.3 Å². The molecule has 0 bridgehead atoms. The van der Waals surface area contributed by atoms with Crippen LogP contribution in [0.5, 0.6) is 0 Å². The maximum absolute atomic E-state index is 7.25. The third-order valence-corrected chi connectivity index (χ3v) is 15.7. The molecule has 10 aromatic rings. The van der Waals surface area contributed by atoms with Crippen LogP contribution in [0, 0.1) is 13.8 Å². The lowest BCUT2D eigenvalue weighted by Crippen LogP contribution is -2.61. The van der Waals surface area contributed by atoms with Gasteiger partial charge in [-0.1, -0.05) is 126 Å². The van der Waals surface area contributed by atoms with E-state index in [-0.39, 0.29) is 17.5 Å². The van der Waals surface area contributed by atoms with E-state index in [9.17, 15) is 0 Å². The Morgan fingerprint density at radius 3 is 1.77 bits per heavy atom. The van der Waals surface area contributed by atoms with Crippen molar-refractivity contribution in [2.24, 2.45) is 0 Å². The van der Waals surface area contributed by atoms with Gasteiger partial charge in [0.25, 0.3) is 6.71 Å². The van der Waals surface area contributed by atoms with Crippen LogP contribution >= 0.6 is 22.7 Å². The van der Waals surface area contributed by atoms with Crippen molar-refractivity contribution in [2.75, 3.05) is 9.80 Å². The van der Waals surface area contributed by atoms with Crippen LogP contribution in [0.25, 0.3) is 53.4 Å². The lowest BCUT2D eigenvalue weighted by atomic mass is 9.33. The SMILES string of the molecule is Cc1cc(C(C)(C)C)cc(C)c1N1c2cccc3c2B(c2ccc(-c4csc5ccccc45)cc2N3c2cccc(-c3csc4ccccc34)c2)c2c1oc1ccc(C(C)(C)C)cc21. The van der Waals surface area contributed by atoms with Crippen molar-refractivity contribution < 1.29 is 4.42 Å². The maximum atomic E-state index is 7.25. The number of aryl methyl sites for hydroxylation is 2. The first-order valence-corrected chi connectivity index (χ1v) is 24.2. The summed E-state index contributed by atoms with van der Waals surface area (Å²) in [4.78, 5) is 5.01. The molecule has 6 heteroatoms. The molecule has 0 fully saturated rings. The third-order valence-electron chi connectivity index (χ3n) is 13.7. The summed E-state index contributed by atoms with van der Waals surface area (Å²) in [7, 11) is 0. The molecule has 312 valence electrons. The average Bonchev–Trinajstić information content (AvgIpc) is 4.02. The van der Waals surface area contributed by atoms with Crippen molar-refractivity contribution in [1.29, 1.82) is 0 Å². The topological polar surface area (TPSA) is 19.6 Å². The lowest BCUT2D eigenvalue weighted by Gasteiger charge is -2.43. The number of thiophene rings is 2. The number of hydrogen-bond donors (Lipinski definition) is 0. The fraction of sp³-hybridized carbons (Fsp3) is 0.172. The summed E-state index contributed by atoms with van der Waals surface area (Å²) in [5, 5.41) is 8.41. The van der Waals surface area contributed by atoms with E-state index in [0.29, 0.717) is 0 Å². The zero-order chi connectivity index (χ0) is 43.8. The fourth-order valence-electron chi connectivity index (χ4n) is 10.5. The number of anilines is 6. The number of fused-ring (bicyclic) bond motifs is 8. The van der Waals surface area contributed by atoms with Gasteiger partial charge in [-0.2, -0.15) is 0 Å². The summed E-state index contributed by atoms with van der Waals surface area (Å²) in [5.41, 5.74) is 20.6. The van der Waals surface area contributed by atoms with Gasteiger partial charge in [0.05, 0.1) is 5.69 Å². The van der Waals surface area contributed by atoms with Gasteiger partial charge in [-0.05, 0) is 134 Å². The minimum absolute atomic E-state index is 0.0169. The van der Waals surface area contributed by atoms with Crippen molar-refractivity contribution in [2.45, 2.75) is 66.2 Å². The Morgan fingerprint density at radius 2 is 1.11 bits per heavy atom. The molecule has 0 amide bonds. The predicted octanol–water partition coefficient (Wildman–Crippen LogP) is 15.5. The summed E-state index contributed by atoms with van der Waals surface area (Å²) < 4.78 is 9.85. The molecule has 0 radical (unpaired) electrons. The van der Waals surface area contributed by atoms with E-state index in [1.54, 1.807) is 0 Å². The Hall–Kier alpha value is -6.34. The predicted molar refractivity (Wildman–Crippen MR) is 279 cm³/mol. The molecule has 5 heterocycles. The highest BCUT2D eigenvalue weighted by atomic mass is 32.1. The molecule has 0 saturated carbocycles. The molecule has 0 saturated heterocycles. The van der Waals surface area contributed by atoms with E-state index in [1.165, 1.54) is 104 Å². The molecule has 12 rings (SSSR count). The average molecular weight is 865 g/mol. The maximum Gasteiger partial charge on any atom is 0.257 e. The molecular weight excluding hydrogens is 816 g/mol. The fourth-order valence-corrected chi connectivity index (χ4v) is 12.5. The summed E-state index contributed by atoms with van der Waals surface area (Å²) in [5.74, 6) is 0.907. The first-order valence-electron chi connectivity index (χ1n) is 22.4. The van der Waals surface area contributed by atoms with Gasteiger partial charge in [-0.15, -0.1) is 22.7 Å².